The summed E-state index contributed by atoms with van der Waals surface area (Å²) in [5.74, 6) is -0.793. The normalized spacial score (nSPS) is 25.7. The maximum atomic E-state index is 12.0. The third-order valence-corrected chi connectivity index (χ3v) is 3.81. The molecule has 138 valence electrons. The monoisotopic (exact) mass is 356 g/mol. The average Bonchev–Trinajstić information content (AvgIpc) is 2.90. The number of H-pyrrole nitrogens is 1. The van der Waals surface area contributed by atoms with Crippen LogP contribution in [0.3, 0.4) is 0 Å². The van der Waals surface area contributed by atoms with Crippen molar-refractivity contribution in [1.29, 1.82) is 0 Å². The first-order valence-corrected chi connectivity index (χ1v) is 7.67. The van der Waals surface area contributed by atoms with Crippen LogP contribution in [0.1, 0.15) is 26.0 Å². The summed E-state index contributed by atoms with van der Waals surface area (Å²) in [6.45, 7) is 0.887. The number of hydrogen-bond acceptors (Lipinski definition) is 8. The SMILES string of the molecule is COC1C(OC(=O)CCC(C)=O)C(CO)OC1n1ccc(=O)[nH]c1=O. The highest BCUT2D eigenvalue weighted by molar-refractivity contribution is 5.81. The Balaban J connectivity index is 2.22. The highest BCUT2D eigenvalue weighted by atomic mass is 16.6. The lowest BCUT2D eigenvalue weighted by atomic mass is 10.1. The van der Waals surface area contributed by atoms with Crippen molar-refractivity contribution < 1.29 is 28.9 Å². The topological polar surface area (TPSA) is 137 Å². The predicted octanol–water partition coefficient (Wildman–Crippen LogP) is -1.28. The van der Waals surface area contributed by atoms with Crippen molar-refractivity contribution in [2.45, 2.75) is 44.3 Å². The summed E-state index contributed by atoms with van der Waals surface area (Å²) in [6.07, 6.45) is -2.63. The minimum atomic E-state index is -1.00. The van der Waals surface area contributed by atoms with Gasteiger partial charge in [-0.25, -0.2) is 4.79 Å². The van der Waals surface area contributed by atoms with E-state index in [0.29, 0.717) is 0 Å². The minimum Gasteiger partial charge on any atom is -0.456 e. The highest BCUT2D eigenvalue weighted by Gasteiger charge is 2.48. The van der Waals surface area contributed by atoms with Gasteiger partial charge < -0.3 is 24.1 Å². The van der Waals surface area contributed by atoms with Crippen LogP contribution < -0.4 is 11.2 Å². The van der Waals surface area contributed by atoms with Gasteiger partial charge in [0.15, 0.2) is 12.3 Å². The smallest absolute Gasteiger partial charge is 0.330 e. The number of ketones is 1. The zero-order valence-corrected chi connectivity index (χ0v) is 13.8. The highest BCUT2D eigenvalue weighted by Crippen LogP contribution is 2.32. The number of aliphatic hydroxyl groups excluding tert-OH is 1. The van der Waals surface area contributed by atoms with Crippen LogP contribution in [0.15, 0.2) is 21.9 Å². The predicted molar refractivity (Wildman–Crippen MR) is 82.9 cm³/mol. The molecule has 0 aliphatic carbocycles. The molecule has 2 heterocycles. The lowest BCUT2D eigenvalue weighted by Crippen LogP contribution is -2.41. The minimum absolute atomic E-state index is 0.0384. The molecule has 2 rings (SSSR count). The molecule has 4 atom stereocenters. The molecule has 0 spiro atoms. The number of aromatic amines is 1. The molecule has 0 radical (unpaired) electrons. The Bertz CT molecular complexity index is 740. The lowest BCUT2D eigenvalue weighted by molar-refractivity contribution is -0.158. The van der Waals surface area contributed by atoms with Crippen molar-refractivity contribution in [1.82, 2.24) is 9.55 Å². The van der Waals surface area contributed by atoms with Crippen molar-refractivity contribution in [2.24, 2.45) is 0 Å². The summed E-state index contributed by atoms with van der Waals surface area (Å²) < 4.78 is 17.3. The standard InChI is InChI=1S/C15H20N2O8/c1-8(19)3-4-11(21)25-12-9(7-18)24-14(13(12)23-2)17-6-5-10(20)16-15(17)22/h5-6,9,12-14,18H,3-4,7H2,1-2H3,(H,16,20,22). The first-order chi connectivity index (χ1) is 11.9. The molecule has 0 bridgehead atoms. The summed E-state index contributed by atoms with van der Waals surface area (Å²) in [5, 5.41) is 9.49. The molecule has 10 heteroatoms. The molecule has 1 aliphatic rings. The van der Waals surface area contributed by atoms with Crippen LogP contribution >= 0.6 is 0 Å². The van der Waals surface area contributed by atoms with Gasteiger partial charge in [0.05, 0.1) is 13.0 Å². The van der Waals surface area contributed by atoms with Gasteiger partial charge in [-0.15, -0.1) is 0 Å². The number of nitrogens with one attached hydrogen (secondary N) is 1. The number of methoxy groups -OCH3 is 1. The maximum Gasteiger partial charge on any atom is 0.330 e. The van der Waals surface area contributed by atoms with Crippen LogP contribution in [0.25, 0.3) is 0 Å². The number of carbonyl (C=O) groups excluding carboxylic acids is 2. The van der Waals surface area contributed by atoms with E-state index >= 15 is 0 Å². The number of hydrogen-bond donors (Lipinski definition) is 2. The zero-order valence-electron chi connectivity index (χ0n) is 13.8. The second kappa shape index (κ2) is 8.19. The Kier molecular flexibility index (Phi) is 6.23. The Hall–Kier alpha value is -2.30. The van der Waals surface area contributed by atoms with Gasteiger partial charge in [-0.2, -0.15) is 0 Å². The van der Waals surface area contributed by atoms with E-state index in [-0.39, 0.29) is 18.6 Å². The van der Waals surface area contributed by atoms with Crippen molar-refractivity contribution in [3.63, 3.8) is 0 Å². The van der Waals surface area contributed by atoms with Crippen LogP contribution in [0.5, 0.6) is 0 Å². The van der Waals surface area contributed by atoms with E-state index in [9.17, 15) is 24.3 Å². The molecule has 25 heavy (non-hydrogen) atoms. The molecule has 0 saturated carbocycles. The van der Waals surface area contributed by atoms with E-state index in [1.165, 1.54) is 20.2 Å². The molecule has 1 saturated heterocycles. The van der Waals surface area contributed by atoms with Crippen molar-refractivity contribution >= 4 is 11.8 Å². The quantitative estimate of drug-likeness (QED) is 0.577. The fraction of sp³-hybridized carbons (Fsp3) is 0.600. The maximum absolute atomic E-state index is 12.0. The van der Waals surface area contributed by atoms with Gasteiger partial charge in [0, 0.05) is 25.8 Å². The Morgan fingerprint density at radius 3 is 2.60 bits per heavy atom. The first-order valence-electron chi connectivity index (χ1n) is 7.67. The van der Waals surface area contributed by atoms with Gasteiger partial charge >= 0.3 is 11.7 Å². The average molecular weight is 356 g/mol. The van der Waals surface area contributed by atoms with E-state index in [2.05, 4.69) is 4.98 Å². The largest absolute Gasteiger partial charge is 0.456 e. The van der Waals surface area contributed by atoms with Gasteiger partial charge in [-0.3, -0.25) is 19.1 Å². The molecule has 1 fully saturated rings. The van der Waals surface area contributed by atoms with Gasteiger partial charge in [-0.05, 0) is 6.92 Å². The van der Waals surface area contributed by atoms with Gasteiger partial charge in [0.1, 0.15) is 18.0 Å². The van der Waals surface area contributed by atoms with E-state index in [4.69, 9.17) is 14.2 Å². The zero-order chi connectivity index (χ0) is 18.6. The number of carbonyl (C=O) groups is 2. The molecule has 10 nitrogen and oxygen atoms in total. The molecular weight excluding hydrogens is 336 g/mol. The van der Waals surface area contributed by atoms with Crippen LogP contribution in [0.4, 0.5) is 0 Å². The fourth-order valence-electron chi connectivity index (χ4n) is 2.59. The van der Waals surface area contributed by atoms with Crippen LogP contribution in [0, 0.1) is 0 Å². The van der Waals surface area contributed by atoms with Gasteiger partial charge in [-0.1, -0.05) is 0 Å². The molecule has 0 amide bonds. The number of aliphatic hydroxyl groups is 1. The summed E-state index contributed by atoms with van der Waals surface area (Å²) in [4.78, 5) is 48.1. The van der Waals surface area contributed by atoms with Gasteiger partial charge in [0.2, 0.25) is 0 Å². The Morgan fingerprint density at radius 2 is 2.04 bits per heavy atom. The Morgan fingerprint density at radius 1 is 1.32 bits per heavy atom. The van der Waals surface area contributed by atoms with Crippen LogP contribution in [0.2, 0.25) is 0 Å². The third kappa shape index (κ3) is 4.41. The van der Waals surface area contributed by atoms with E-state index in [1.807, 2.05) is 0 Å². The Labute approximate surface area is 142 Å². The molecule has 2 N–H and O–H groups in total. The molecule has 1 aromatic rings. The van der Waals surface area contributed by atoms with E-state index < -0.39 is 48.4 Å². The number of nitrogens with zero attached hydrogens (tertiary/aromatic N) is 1. The number of esters is 1. The van der Waals surface area contributed by atoms with Gasteiger partial charge in [0.25, 0.3) is 5.56 Å². The summed E-state index contributed by atoms with van der Waals surface area (Å²) >= 11 is 0. The number of rotatable bonds is 7. The molecule has 1 aromatic heterocycles. The van der Waals surface area contributed by atoms with E-state index in [0.717, 1.165) is 10.6 Å². The lowest BCUT2D eigenvalue weighted by Gasteiger charge is -2.23. The number of Topliss-reactive ketones (excluding diaryl/α,β-unsaturated/α-hetero) is 1. The van der Waals surface area contributed by atoms with Crippen molar-refractivity contribution in [3.8, 4) is 0 Å². The van der Waals surface area contributed by atoms with Crippen molar-refractivity contribution in [3.05, 3.63) is 33.1 Å². The summed E-state index contributed by atoms with van der Waals surface area (Å²) in [6, 6.07) is 1.14. The molecule has 4 unspecified atom stereocenters. The second-order valence-electron chi connectivity index (χ2n) is 5.62. The van der Waals surface area contributed by atoms with Crippen LogP contribution in [-0.4, -0.2) is 58.4 Å². The molecular formula is C15H20N2O8. The summed E-state index contributed by atoms with van der Waals surface area (Å²) in [5.41, 5.74) is -1.29. The number of aromatic nitrogens is 2. The fourth-order valence-corrected chi connectivity index (χ4v) is 2.59. The number of ether oxygens (including phenoxy) is 3. The third-order valence-electron chi connectivity index (χ3n) is 3.81. The second-order valence-corrected chi connectivity index (χ2v) is 5.62. The molecule has 1 aliphatic heterocycles. The first kappa shape index (κ1) is 19.0. The summed E-state index contributed by atoms with van der Waals surface area (Å²) in [7, 11) is 1.34. The molecule has 0 aromatic carbocycles. The van der Waals surface area contributed by atoms with E-state index in [1.54, 1.807) is 0 Å². The van der Waals surface area contributed by atoms with Crippen LogP contribution in [-0.2, 0) is 23.8 Å². The van der Waals surface area contributed by atoms with Crippen molar-refractivity contribution in [2.75, 3.05) is 13.7 Å².